The molecule has 4 rings (SSSR count). The summed E-state index contributed by atoms with van der Waals surface area (Å²) in [5.41, 5.74) is 1.40. The van der Waals surface area contributed by atoms with Crippen LogP contribution in [0.15, 0.2) is 61.1 Å². The van der Waals surface area contributed by atoms with Gasteiger partial charge >= 0.3 is 6.09 Å². The first-order chi connectivity index (χ1) is 14.2. The molecular weight excluding hydrogens is 370 g/mol. The normalized spacial score (nSPS) is 14.1. The molecule has 8 heteroatoms. The number of piperazine rings is 1. The molecule has 150 valence electrons. The van der Waals surface area contributed by atoms with Crippen LogP contribution in [0.3, 0.4) is 0 Å². The minimum Gasteiger partial charge on any atom is -0.450 e. The number of carbonyl (C=O) groups is 2. The zero-order valence-electron chi connectivity index (χ0n) is 16.3. The van der Waals surface area contributed by atoms with Gasteiger partial charge in [-0.2, -0.15) is 5.10 Å². The summed E-state index contributed by atoms with van der Waals surface area (Å²) in [4.78, 5) is 28.6. The molecule has 0 radical (unpaired) electrons. The molecule has 0 aliphatic carbocycles. The standard InChI is InChI=1S/C21H23N5O3/c1-2-29-21(28)25-14-12-24(13-15-25)20(27)18-16-22-26(17-8-4-3-5-9-17)19(18)23-10-6-7-11-23/h3-11,16H,2,12-15H2,1H3. The Morgan fingerprint density at radius 2 is 1.62 bits per heavy atom. The van der Waals surface area contributed by atoms with Crippen LogP contribution in [0, 0.1) is 0 Å². The fraction of sp³-hybridized carbons (Fsp3) is 0.286. The van der Waals surface area contributed by atoms with Crippen molar-refractivity contribution in [1.82, 2.24) is 24.1 Å². The first-order valence-corrected chi connectivity index (χ1v) is 9.67. The monoisotopic (exact) mass is 393 g/mol. The summed E-state index contributed by atoms with van der Waals surface area (Å²) >= 11 is 0. The van der Waals surface area contributed by atoms with Crippen LogP contribution < -0.4 is 0 Å². The van der Waals surface area contributed by atoms with Gasteiger partial charge in [-0.25, -0.2) is 9.48 Å². The highest BCUT2D eigenvalue weighted by atomic mass is 16.6. The number of nitrogens with zero attached hydrogens (tertiary/aromatic N) is 5. The van der Waals surface area contributed by atoms with Gasteiger partial charge < -0.3 is 19.1 Å². The van der Waals surface area contributed by atoms with Crippen molar-refractivity contribution in [2.45, 2.75) is 6.92 Å². The minimum absolute atomic E-state index is 0.0978. The zero-order valence-corrected chi connectivity index (χ0v) is 16.3. The van der Waals surface area contributed by atoms with E-state index < -0.39 is 0 Å². The number of carbonyl (C=O) groups excluding carboxylic acids is 2. The lowest BCUT2D eigenvalue weighted by atomic mass is 10.2. The van der Waals surface area contributed by atoms with E-state index in [1.807, 2.05) is 59.4 Å². The molecule has 3 heterocycles. The van der Waals surface area contributed by atoms with Crippen LogP contribution in [-0.4, -0.2) is 68.9 Å². The van der Waals surface area contributed by atoms with Crippen molar-refractivity contribution in [3.8, 4) is 11.5 Å². The van der Waals surface area contributed by atoms with Crippen LogP contribution in [0.25, 0.3) is 11.5 Å². The third kappa shape index (κ3) is 3.73. The van der Waals surface area contributed by atoms with E-state index in [1.54, 1.807) is 27.6 Å². The lowest BCUT2D eigenvalue weighted by molar-refractivity contribution is 0.0570. The smallest absolute Gasteiger partial charge is 0.409 e. The number of ether oxygens (including phenoxy) is 1. The summed E-state index contributed by atoms with van der Waals surface area (Å²) in [6.07, 6.45) is 5.07. The third-order valence-corrected chi connectivity index (χ3v) is 4.92. The van der Waals surface area contributed by atoms with Crippen LogP contribution in [-0.2, 0) is 4.74 Å². The van der Waals surface area contributed by atoms with Gasteiger partial charge in [0.2, 0.25) is 0 Å². The Morgan fingerprint density at radius 3 is 2.28 bits per heavy atom. The van der Waals surface area contributed by atoms with E-state index in [-0.39, 0.29) is 12.0 Å². The Bertz CT molecular complexity index is 973. The molecule has 1 fully saturated rings. The van der Waals surface area contributed by atoms with Crippen molar-refractivity contribution in [2.24, 2.45) is 0 Å². The van der Waals surface area contributed by atoms with Gasteiger partial charge in [0.1, 0.15) is 5.56 Å². The highest BCUT2D eigenvalue weighted by molar-refractivity contribution is 5.97. The lowest BCUT2D eigenvalue weighted by Crippen LogP contribution is -2.50. The Labute approximate surface area is 168 Å². The second-order valence-electron chi connectivity index (χ2n) is 6.70. The van der Waals surface area contributed by atoms with Crippen LogP contribution >= 0.6 is 0 Å². The van der Waals surface area contributed by atoms with E-state index in [9.17, 15) is 9.59 Å². The molecule has 0 atom stereocenters. The van der Waals surface area contributed by atoms with Crippen LogP contribution in [0.2, 0.25) is 0 Å². The average molecular weight is 393 g/mol. The van der Waals surface area contributed by atoms with E-state index in [0.717, 1.165) is 5.69 Å². The minimum atomic E-state index is -0.329. The number of hydrogen-bond donors (Lipinski definition) is 0. The summed E-state index contributed by atoms with van der Waals surface area (Å²) in [7, 11) is 0. The van der Waals surface area contributed by atoms with Crippen LogP contribution in [0.5, 0.6) is 0 Å². The quantitative estimate of drug-likeness (QED) is 0.683. The number of amides is 2. The molecule has 0 spiro atoms. The molecule has 3 aromatic rings. The Morgan fingerprint density at radius 1 is 0.966 bits per heavy atom. The SMILES string of the molecule is CCOC(=O)N1CCN(C(=O)c2cnn(-c3ccccc3)c2-n2cccc2)CC1. The van der Waals surface area contributed by atoms with E-state index in [4.69, 9.17) is 4.74 Å². The Hall–Kier alpha value is -3.55. The zero-order chi connectivity index (χ0) is 20.2. The number of para-hydroxylation sites is 1. The van der Waals surface area contributed by atoms with Gasteiger partial charge in [0.15, 0.2) is 5.82 Å². The van der Waals surface area contributed by atoms with Crippen molar-refractivity contribution >= 4 is 12.0 Å². The summed E-state index contributed by atoms with van der Waals surface area (Å²) in [5, 5.41) is 4.49. The van der Waals surface area contributed by atoms with E-state index >= 15 is 0 Å². The fourth-order valence-electron chi connectivity index (χ4n) is 3.45. The first kappa shape index (κ1) is 18.8. The number of rotatable bonds is 4. The molecule has 0 saturated carbocycles. The summed E-state index contributed by atoms with van der Waals surface area (Å²) in [5.74, 6) is 0.596. The topological polar surface area (TPSA) is 72.6 Å². The summed E-state index contributed by atoms with van der Waals surface area (Å²) in [6, 6.07) is 13.5. The van der Waals surface area contributed by atoms with E-state index in [2.05, 4.69) is 5.10 Å². The van der Waals surface area contributed by atoms with Crippen molar-refractivity contribution in [2.75, 3.05) is 32.8 Å². The highest BCUT2D eigenvalue weighted by Gasteiger charge is 2.29. The van der Waals surface area contributed by atoms with Gasteiger partial charge in [0.05, 0.1) is 18.5 Å². The lowest BCUT2D eigenvalue weighted by Gasteiger charge is -2.34. The maximum absolute atomic E-state index is 13.3. The van der Waals surface area contributed by atoms with Crippen LogP contribution in [0.1, 0.15) is 17.3 Å². The highest BCUT2D eigenvalue weighted by Crippen LogP contribution is 2.22. The number of hydrogen-bond acceptors (Lipinski definition) is 4. The molecular formula is C21H23N5O3. The van der Waals surface area contributed by atoms with Gasteiger partial charge in [0, 0.05) is 38.6 Å². The molecule has 2 aromatic heterocycles. The van der Waals surface area contributed by atoms with Gasteiger partial charge in [-0.05, 0) is 31.2 Å². The average Bonchev–Trinajstić information content (AvgIpc) is 3.44. The number of aromatic nitrogens is 3. The Balaban J connectivity index is 1.60. The second kappa shape index (κ2) is 8.22. The van der Waals surface area contributed by atoms with Gasteiger partial charge in [-0.1, -0.05) is 18.2 Å². The molecule has 1 aliphatic rings. The molecule has 0 unspecified atom stereocenters. The summed E-state index contributed by atoms with van der Waals surface area (Å²) < 4.78 is 8.71. The maximum atomic E-state index is 13.3. The molecule has 2 amide bonds. The van der Waals surface area contributed by atoms with Crippen molar-refractivity contribution in [1.29, 1.82) is 0 Å². The molecule has 1 aromatic carbocycles. The van der Waals surface area contributed by atoms with Crippen molar-refractivity contribution in [3.05, 3.63) is 66.6 Å². The predicted octanol–water partition coefficient (Wildman–Crippen LogP) is 2.58. The van der Waals surface area contributed by atoms with Crippen molar-refractivity contribution < 1.29 is 14.3 Å². The van der Waals surface area contributed by atoms with Gasteiger partial charge in [0.25, 0.3) is 5.91 Å². The maximum Gasteiger partial charge on any atom is 0.409 e. The van der Waals surface area contributed by atoms with E-state index in [0.29, 0.717) is 44.2 Å². The first-order valence-electron chi connectivity index (χ1n) is 9.67. The molecule has 1 saturated heterocycles. The van der Waals surface area contributed by atoms with Crippen LogP contribution in [0.4, 0.5) is 4.79 Å². The summed E-state index contributed by atoms with van der Waals surface area (Å²) in [6.45, 7) is 3.95. The number of benzene rings is 1. The molecule has 0 N–H and O–H groups in total. The largest absolute Gasteiger partial charge is 0.450 e. The molecule has 8 nitrogen and oxygen atoms in total. The molecule has 1 aliphatic heterocycles. The molecule has 0 bridgehead atoms. The predicted molar refractivity (Wildman–Crippen MR) is 107 cm³/mol. The van der Waals surface area contributed by atoms with Crippen molar-refractivity contribution in [3.63, 3.8) is 0 Å². The fourth-order valence-corrected chi connectivity index (χ4v) is 3.45. The Kier molecular flexibility index (Phi) is 5.33. The van der Waals surface area contributed by atoms with Gasteiger partial charge in [-0.3, -0.25) is 4.79 Å². The third-order valence-electron chi connectivity index (χ3n) is 4.92. The van der Waals surface area contributed by atoms with E-state index in [1.165, 1.54) is 0 Å². The second-order valence-corrected chi connectivity index (χ2v) is 6.70. The van der Waals surface area contributed by atoms with Gasteiger partial charge in [-0.15, -0.1) is 0 Å². The molecule has 29 heavy (non-hydrogen) atoms.